The van der Waals surface area contributed by atoms with E-state index in [0.29, 0.717) is 29.4 Å². The van der Waals surface area contributed by atoms with Crippen molar-refractivity contribution in [2.24, 2.45) is 0 Å². The van der Waals surface area contributed by atoms with Crippen molar-refractivity contribution in [1.82, 2.24) is 14.9 Å². The quantitative estimate of drug-likeness (QED) is 0.183. The van der Waals surface area contributed by atoms with Gasteiger partial charge in [-0.25, -0.2) is 9.97 Å². The summed E-state index contributed by atoms with van der Waals surface area (Å²) < 4.78 is 5.55. The van der Waals surface area contributed by atoms with Crippen molar-refractivity contribution in [2.45, 2.75) is 19.9 Å². The summed E-state index contributed by atoms with van der Waals surface area (Å²) in [6, 6.07) is 10.8. The fraction of sp³-hybridized carbons (Fsp3) is 0.346. The lowest BCUT2D eigenvalue weighted by Crippen LogP contribution is -2.28. The van der Waals surface area contributed by atoms with Crippen molar-refractivity contribution in [3.8, 4) is 17.0 Å². The molecule has 1 heterocycles. The van der Waals surface area contributed by atoms with Crippen molar-refractivity contribution in [1.29, 1.82) is 5.41 Å². The maximum absolute atomic E-state index is 11.9. The lowest BCUT2D eigenvalue weighted by atomic mass is 10.1. The molecule has 1 aromatic heterocycles. The van der Waals surface area contributed by atoms with Gasteiger partial charge in [-0.2, -0.15) is 0 Å². The Bertz CT molecular complexity index is 1260. The number of anilines is 4. The Kier molecular flexibility index (Phi) is 8.96. The highest BCUT2D eigenvalue weighted by atomic mass is 16.6. The number of benzene rings is 2. The molecule has 0 radical (unpaired) electrons. The maximum Gasteiger partial charge on any atom is 0.294 e. The molecule has 196 valence electrons. The zero-order valence-corrected chi connectivity index (χ0v) is 22.1. The second kappa shape index (κ2) is 12.1. The van der Waals surface area contributed by atoms with Gasteiger partial charge in [-0.1, -0.05) is 12.1 Å². The largest absolute Gasteiger partial charge is 0.494 e. The number of hydrogen-bond acceptors (Lipinski definition) is 10. The molecule has 0 saturated heterocycles. The van der Waals surface area contributed by atoms with Crippen LogP contribution in [0.2, 0.25) is 0 Å². The van der Waals surface area contributed by atoms with Gasteiger partial charge in [0.15, 0.2) is 0 Å². The van der Waals surface area contributed by atoms with E-state index in [-0.39, 0.29) is 17.7 Å². The molecule has 0 amide bonds. The summed E-state index contributed by atoms with van der Waals surface area (Å²) in [4.78, 5) is 24.3. The minimum absolute atomic E-state index is 0.0488. The summed E-state index contributed by atoms with van der Waals surface area (Å²) in [5, 5.41) is 26.0. The van der Waals surface area contributed by atoms with Gasteiger partial charge in [-0.15, -0.1) is 0 Å². The molecule has 0 bridgehead atoms. The monoisotopic (exact) mass is 506 g/mol. The normalized spacial score (nSPS) is 10.9. The van der Waals surface area contributed by atoms with Crippen molar-refractivity contribution >= 4 is 34.9 Å². The summed E-state index contributed by atoms with van der Waals surface area (Å²) in [6.45, 7) is 5.42. The molecule has 3 aromatic rings. The summed E-state index contributed by atoms with van der Waals surface area (Å²) in [5.41, 5.74) is 3.91. The Morgan fingerprint density at radius 2 is 1.89 bits per heavy atom. The summed E-state index contributed by atoms with van der Waals surface area (Å²) in [7, 11) is 7.24. The van der Waals surface area contributed by atoms with Gasteiger partial charge in [0.25, 0.3) is 5.69 Å². The van der Waals surface area contributed by atoms with E-state index in [1.54, 1.807) is 18.3 Å². The smallest absolute Gasteiger partial charge is 0.294 e. The lowest BCUT2D eigenvalue weighted by Gasteiger charge is -2.22. The number of methoxy groups -OCH3 is 1. The Balaban J connectivity index is 1.96. The molecule has 0 aliphatic heterocycles. The molecule has 0 saturated carbocycles. The summed E-state index contributed by atoms with van der Waals surface area (Å²) >= 11 is 0. The standard InChI is InChI=1S/C26H34N8O3/c1-17(2)29-21-13-18(7-8-19(21)16-27)20-9-10-28-26(30-20)31-22-14-24(34(35)36)23(15-25(22)37-6)33(5)12-11-32(3)4/h7-10,13-17,27,29H,11-12H2,1-6H3,(H,28,30,31). The molecule has 11 heteroatoms. The highest BCUT2D eigenvalue weighted by Crippen LogP contribution is 2.39. The van der Waals surface area contributed by atoms with Crippen LogP contribution in [-0.2, 0) is 0 Å². The maximum atomic E-state index is 11.9. The Hall–Kier alpha value is -4.25. The van der Waals surface area contributed by atoms with Crippen molar-refractivity contribution in [3.05, 3.63) is 58.3 Å². The summed E-state index contributed by atoms with van der Waals surface area (Å²) in [6.07, 6.45) is 2.93. The van der Waals surface area contributed by atoms with E-state index in [0.717, 1.165) is 23.4 Å². The van der Waals surface area contributed by atoms with E-state index >= 15 is 0 Å². The topological polar surface area (TPSA) is 133 Å². The highest BCUT2D eigenvalue weighted by Gasteiger charge is 2.22. The third kappa shape index (κ3) is 6.91. The van der Waals surface area contributed by atoms with Crippen LogP contribution in [0, 0.1) is 15.5 Å². The van der Waals surface area contributed by atoms with Crippen molar-refractivity contribution in [3.63, 3.8) is 0 Å². The molecule has 0 spiro atoms. The van der Waals surface area contributed by atoms with Gasteiger partial charge in [-0.3, -0.25) is 10.1 Å². The minimum Gasteiger partial charge on any atom is -0.494 e. The van der Waals surface area contributed by atoms with E-state index in [1.165, 1.54) is 19.4 Å². The molecule has 3 rings (SSSR count). The molecule has 0 aliphatic carbocycles. The number of likely N-dealkylation sites (N-methyl/N-ethyl adjacent to an activating group) is 2. The fourth-order valence-corrected chi connectivity index (χ4v) is 3.72. The molecule has 37 heavy (non-hydrogen) atoms. The third-order valence-corrected chi connectivity index (χ3v) is 5.64. The third-order valence-electron chi connectivity index (χ3n) is 5.64. The Labute approximate surface area is 217 Å². The molecule has 0 atom stereocenters. The van der Waals surface area contributed by atoms with Gasteiger partial charge < -0.3 is 30.6 Å². The SMILES string of the molecule is COc1cc(N(C)CCN(C)C)c([N+](=O)[O-])cc1Nc1nccc(-c2ccc(C=N)c(NC(C)C)c2)n1. The first-order chi connectivity index (χ1) is 17.6. The van der Waals surface area contributed by atoms with E-state index < -0.39 is 4.92 Å². The van der Waals surface area contributed by atoms with Crippen molar-refractivity contribution in [2.75, 3.05) is 56.9 Å². The lowest BCUT2D eigenvalue weighted by molar-refractivity contribution is -0.384. The highest BCUT2D eigenvalue weighted by molar-refractivity contribution is 5.88. The Morgan fingerprint density at radius 3 is 2.51 bits per heavy atom. The summed E-state index contributed by atoms with van der Waals surface area (Å²) in [5.74, 6) is 0.707. The molecule has 11 nitrogen and oxygen atoms in total. The van der Waals surface area contributed by atoms with Gasteiger partial charge in [-0.05, 0) is 40.1 Å². The number of rotatable bonds is 12. The van der Waals surface area contributed by atoms with E-state index in [2.05, 4.69) is 20.6 Å². The number of nitrogens with one attached hydrogen (secondary N) is 3. The Morgan fingerprint density at radius 1 is 1.14 bits per heavy atom. The molecular formula is C26H34N8O3. The minimum atomic E-state index is -0.405. The number of nitro groups is 1. The van der Waals surface area contributed by atoms with Crippen molar-refractivity contribution < 1.29 is 9.66 Å². The number of aromatic nitrogens is 2. The second-order valence-corrected chi connectivity index (χ2v) is 9.16. The van der Waals surface area contributed by atoms with Crippen LogP contribution >= 0.6 is 0 Å². The number of ether oxygens (including phenoxy) is 1. The zero-order chi connectivity index (χ0) is 27.1. The predicted molar refractivity (Wildman–Crippen MR) is 149 cm³/mol. The van der Waals surface area contributed by atoms with Gasteiger partial charge >= 0.3 is 0 Å². The number of nitro benzene ring substituents is 1. The van der Waals surface area contributed by atoms with Gasteiger partial charge in [0.1, 0.15) is 11.4 Å². The molecule has 0 unspecified atom stereocenters. The van der Waals surface area contributed by atoms with Crippen LogP contribution in [0.15, 0.2) is 42.6 Å². The average molecular weight is 507 g/mol. The number of hydrogen-bond donors (Lipinski definition) is 3. The van der Waals surface area contributed by atoms with Crippen LogP contribution < -0.4 is 20.3 Å². The molecule has 2 aromatic carbocycles. The fourth-order valence-electron chi connectivity index (χ4n) is 3.72. The average Bonchev–Trinajstić information content (AvgIpc) is 2.86. The molecule has 3 N–H and O–H groups in total. The number of nitrogens with zero attached hydrogens (tertiary/aromatic N) is 5. The van der Waals surface area contributed by atoms with E-state index in [1.807, 2.05) is 63.0 Å². The molecule has 0 fully saturated rings. The van der Waals surface area contributed by atoms with Crippen LogP contribution in [0.3, 0.4) is 0 Å². The first kappa shape index (κ1) is 27.3. The second-order valence-electron chi connectivity index (χ2n) is 9.16. The predicted octanol–water partition coefficient (Wildman–Crippen LogP) is 4.62. The van der Waals surface area contributed by atoms with Gasteiger partial charge in [0, 0.05) is 67.5 Å². The van der Waals surface area contributed by atoms with Crippen LogP contribution in [-0.4, -0.2) is 73.4 Å². The van der Waals surface area contributed by atoms with Crippen LogP contribution in [0.25, 0.3) is 11.3 Å². The first-order valence-corrected chi connectivity index (χ1v) is 11.9. The molecular weight excluding hydrogens is 472 g/mol. The van der Waals surface area contributed by atoms with Crippen LogP contribution in [0.4, 0.5) is 28.7 Å². The van der Waals surface area contributed by atoms with E-state index in [9.17, 15) is 10.1 Å². The first-order valence-electron chi connectivity index (χ1n) is 11.9. The van der Waals surface area contributed by atoms with Gasteiger partial charge in [0.2, 0.25) is 5.95 Å². The zero-order valence-electron chi connectivity index (χ0n) is 22.1. The molecule has 0 aliphatic rings. The van der Waals surface area contributed by atoms with Crippen LogP contribution in [0.5, 0.6) is 5.75 Å². The van der Waals surface area contributed by atoms with Crippen LogP contribution in [0.1, 0.15) is 19.4 Å². The van der Waals surface area contributed by atoms with Gasteiger partial charge in [0.05, 0.1) is 23.4 Å². The van der Waals surface area contributed by atoms with E-state index in [4.69, 9.17) is 10.1 Å².